The number of carboxylic acid groups (broad SMARTS) is 1. The number of ether oxygens (including phenoxy) is 1. The normalized spacial score (nSPS) is 24.9. The van der Waals surface area contributed by atoms with Crippen molar-refractivity contribution in [2.24, 2.45) is 5.92 Å². The van der Waals surface area contributed by atoms with Crippen LogP contribution in [0.15, 0.2) is 30.3 Å². The van der Waals surface area contributed by atoms with E-state index in [1.165, 1.54) is 0 Å². The molecule has 0 spiro atoms. The summed E-state index contributed by atoms with van der Waals surface area (Å²) >= 11 is 0. The summed E-state index contributed by atoms with van der Waals surface area (Å²) in [7, 11) is 0. The Hall–Kier alpha value is -2.41. The first-order chi connectivity index (χ1) is 14.4. The van der Waals surface area contributed by atoms with Crippen LogP contribution in [0.4, 0.5) is 0 Å². The Bertz CT molecular complexity index is 753. The molecule has 0 aromatic heterocycles. The Morgan fingerprint density at radius 2 is 1.97 bits per heavy atom. The second kappa shape index (κ2) is 10.1. The number of carbonyl (C=O) groups excluding carboxylic acids is 2. The van der Waals surface area contributed by atoms with Crippen LogP contribution in [0.2, 0.25) is 0 Å². The van der Waals surface area contributed by atoms with Gasteiger partial charge in [0.1, 0.15) is 12.1 Å². The smallest absolute Gasteiger partial charge is 0.328 e. The van der Waals surface area contributed by atoms with Gasteiger partial charge in [0.05, 0.1) is 12.6 Å². The third kappa shape index (κ3) is 5.01. The summed E-state index contributed by atoms with van der Waals surface area (Å²) in [4.78, 5) is 39.2. The highest BCUT2D eigenvalue weighted by Gasteiger charge is 2.50. The number of aryl methyl sites for hydroxylation is 1. The quantitative estimate of drug-likeness (QED) is 0.600. The number of rotatable bonds is 9. The first-order valence-electron chi connectivity index (χ1n) is 10.9. The molecule has 1 aliphatic heterocycles. The number of nitrogens with zero attached hydrogens (tertiary/aromatic N) is 1. The van der Waals surface area contributed by atoms with Crippen molar-refractivity contribution in [1.29, 1.82) is 0 Å². The molecule has 1 aliphatic carbocycles. The van der Waals surface area contributed by atoms with E-state index in [1.807, 2.05) is 30.3 Å². The van der Waals surface area contributed by atoms with E-state index in [0.29, 0.717) is 25.2 Å². The van der Waals surface area contributed by atoms with E-state index in [4.69, 9.17) is 4.74 Å². The lowest BCUT2D eigenvalue weighted by molar-refractivity contribution is -0.155. The maximum absolute atomic E-state index is 13.3. The molecular weight excluding hydrogens is 384 g/mol. The molecule has 1 aromatic rings. The Morgan fingerprint density at radius 3 is 2.63 bits per heavy atom. The van der Waals surface area contributed by atoms with Gasteiger partial charge in [0.2, 0.25) is 5.91 Å². The number of nitrogens with one attached hydrogen (secondary N) is 1. The Balaban J connectivity index is 1.66. The highest BCUT2D eigenvalue weighted by atomic mass is 16.5. The summed E-state index contributed by atoms with van der Waals surface area (Å²) in [6.45, 7) is 3.72. The monoisotopic (exact) mass is 416 g/mol. The standard InChI is InChI=1S/C23H32N2O5/c1-3-30-23(29)20-14-17-10-7-11-19(17)25(20)21(26)15(2)24-18(22(27)28)13-12-16-8-5-4-6-9-16/h4-6,8-9,15,17-20,24H,3,7,10-14H2,1-2H3,(H,27,28)/t15-,17-,18-,19-,20-/m0/s1. The Labute approximate surface area is 177 Å². The number of amides is 1. The van der Waals surface area contributed by atoms with E-state index in [-0.39, 0.29) is 24.5 Å². The van der Waals surface area contributed by atoms with E-state index in [1.54, 1.807) is 18.7 Å². The van der Waals surface area contributed by atoms with Gasteiger partial charge in [-0.3, -0.25) is 14.9 Å². The first kappa shape index (κ1) is 22.3. The summed E-state index contributed by atoms with van der Waals surface area (Å²) in [5, 5.41) is 12.6. The topological polar surface area (TPSA) is 95.9 Å². The maximum Gasteiger partial charge on any atom is 0.328 e. The lowest BCUT2D eigenvalue weighted by Gasteiger charge is -2.32. The van der Waals surface area contributed by atoms with Crippen molar-refractivity contribution in [2.75, 3.05) is 6.61 Å². The fourth-order valence-corrected chi connectivity index (χ4v) is 4.89. The van der Waals surface area contributed by atoms with E-state index >= 15 is 0 Å². The molecule has 7 nitrogen and oxygen atoms in total. The number of aliphatic carboxylic acids is 1. The molecule has 0 unspecified atom stereocenters. The van der Waals surface area contributed by atoms with Crippen molar-refractivity contribution >= 4 is 17.8 Å². The molecule has 3 rings (SSSR count). The molecule has 1 heterocycles. The number of hydrogen-bond donors (Lipinski definition) is 2. The average molecular weight is 417 g/mol. The minimum Gasteiger partial charge on any atom is -0.480 e. The van der Waals surface area contributed by atoms with Crippen LogP contribution in [0.25, 0.3) is 0 Å². The van der Waals surface area contributed by atoms with Crippen LogP contribution < -0.4 is 5.32 Å². The van der Waals surface area contributed by atoms with E-state index in [9.17, 15) is 19.5 Å². The molecule has 1 aromatic carbocycles. The average Bonchev–Trinajstić information content (AvgIpc) is 3.32. The lowest BCUT2D eigenvalue weighted by atomic mass is 10.0. The highest BCUT2D eigenvalue weighted by Crippen LogP contribution is 2.41. The zero-order valence-electron chi connectivity index (χ0n) is 17.8. The minimum atomic E-state index is -0.979. The molecule has 2 fully saturated rings. The fourth-order valence-electron chi connectivity index (χ4n) is 4.89. The van der Waals surface area contributed by atoms with E-state index in [2.05, 4.69) is 5.32 Å². The number of likely N-dealkylation sites (tertiary alicyclic amines) is 1. The minimum absolute atomic E-state index is 0.0451. The van der Waals surface area contributed by atoms with Crippen LogP contribution in [0.5, 0.6) is 0 Å². The molecule has 2 aliphatic rings. The zero-order valence-corrected chi connectivity index (χ0v) is 17.8. The summed E-state index contributed by atoms with van der Waals surface area (Å²) in [6, 6.07) is 7.63. The molecule has 164 valence electrons. The number of esters is 1. The fraction of sp³-hybridized carbons (Fsp3) is 0.609. The molecule has 1 saturated heterocycles. The van der Waals surface area contributed by atoms with Crippen molar-refractivity contribution in [3.05, 3.63) is 35.9 Å². The third-order valence-electron chi connectivity index (χ3n) is 6.34. The molecule has 1 saturated carbocycles. The Kier molecular flexibility index (Phi) is 7.48. The number of carboxylic acids is 1. The summed E-state index contributed by atoms with van der Waals surface area (Å²) < 4.78 is 5.21. The SMILES string of the molecule is CCOC(=O)[C@@H]1C[C@@H]2CCC[C@@H]2N1C(=O)[C@H](C)N[C@@H](CCc1ccccc1)C(=O)O. The van der Waals surface area contributed by atoms with Gasteiger partial charge in [-0.15, -0.1) is 0 Å². The number of hydrogen-bond acceptors (Lipinski definition) is 5. The lowest BCUT2D eigenvalue weighted by Crippen LogP contribution is -2.55. The predicted octanol–water partition coefficient (Wildman–Crippen LogP) is 2.38. The van der Waals surface area contributed by atoms with Crippen LogP contribution in [0.3, 0.4) is 0 Å². The van der Waals surface area contributed by atoms with Gasteiger partial charge in [0.15, 0.2) is 0 Å². The van der Waals surface area contributed by atoms with E-state index in [0.717, 1.165) is 24.8 Å². The third-order valence-corrected chi connectivity index (χ3v) is 6.34. The molecule has 0 radical (unpaired) electrons. The summed E-state index contributed by atoms with van der Waals surface area (Å²) in [6.07, 6.45) is 4.57. The molecule has 7 heteroatoms. The highest BCUT2D eigenvalue weighted by molar-refractivity contribution is 5.89. The number of carbonyl (C=O) groups is 3. The van der Waals surface area contributed by atoms with Gasteiger partial charge in [0.25, 0.3) is 0 Å². The van der Waals surface area contributed by atoms with Gasteiger partial charge in [-0.2, -0.15) is 0 Å². The number of fused-ring (bicyclic) bond motifs is 1. The van der Waals surface area contributed by atoms with Crippen molar-refractivity contribution < 1.29 is 24.2 Å². The van der Waals surface area contributed by atoms with Gasteiger partial charge in [-0.1, -0.05) is 36.8 Å². The van der Waals surface area contributed by atoms with E-state index < -0.39 is 24.1 Å². The van der Waals surface area contributed by atoms with Crippen LogP contribution in [-0.4, -0.2) is 58.6 Å². The number of benzene rings is 1. The van der Waals surface area contributed by atoms with Gasteiger partial charge in [0, 0.05) is 6.04 Å². The Morgan fingerprint density at radius 1 is 1.23 bits per heavy atom. The largest absolute Gasteiger partial charge is 0.480 e. The van der Waals surface area contributed by atoms with Gasteiger partial charge in [-0.05, 0) is 57.4 Å². The molecular formula is C23H32N2O5. The first-order valence-corrected chi connectivity index (χ1v) is 10.9. The summed E-state index contributed by atoms with van der Waals surface area (Å²) in [5.74, 6) is -1.23. The molecule has 0 bridgehead atoms. The molecule has 5 atom stereocenters. The maximum atomic E-state index is 13.3. The van der Waals surface area contributed by atoms with Crippen LogP contribution in [-0.2, 0) is 25.5 Å². The van der Waals surface area contributed by atoms with Crippen molar-refractivity contribution in [2.45, 2.75) is 76.5 Å². The van der Waals surface area contributed by atoms with Crippen molar-refractivity contribution in [1.82, 2.24) is 10.2 Å². The van der Waals surface area contributed by atoms with Crippen LogP contribution in [0.1, 0.15) is 51.5 Å². The second-order valence-corrected chi connectivity index (χ2v) is 8.31. The van der Waals surface area contributed by atoms with Gasteiger partial charge < -0.3 is 14.7 Å². The predicted molar refractivity (Wildman–Crippen MR) is 112 cm³/mol. The van der Waals surface area contributed by atoms with Gasteiger partial charge in [-0.25, -0.2) is 4.79 Å². The van der Waals surface area contributed by atoms with Gasteiger partial charge >= 0.3 is 11.9 Å². The van der Waals surface area contributed by atoms with Crippen LogP contribution >= 0.6 is 0 Å². The molecule has 2 N–H and O–H groups in total. The van der Waals surface area contributed by atoms with Crippen molar-refractivity contribution in [3.8, 4) is 0 Å². The molecule has 1 amide bonds. The zero-order chi connectivity index (χ0) is 21.7. The summed E-state index contributed by atoms with van der Waals surface area (Å²) in [5.41, 5.74) is 1.06. The van der Waals surface area contributed by atoms with Crippen LogP contribution in [0, 0.1) is 5.92 Å². The molecule has 30 heavy (non-hydrogen) atoms. The second-order valence-electron chi connectivity index (χ2n) is 8.31. The van der Waals surface area contributed by atoms with Crippen molar-refractivity contribution in [3.63, 3.8) is 0 Å².